The van der Waals surface area contributed by atoms with E-state index in [9.17, 15) is 4.39 Å². The first kappa shape index (κ1) is 14.4. The average Bonchev–Trinajstić information content (AvgIpc) is 2.92. The summed E-state index contributed by atoms with van der Waals surface area (Å²) < 4.78 is 20.9. The van der Waals surface area contributed by atoms with Gasteiger partial charge in [0.2, 0.25) is 0 Å². The van der Waals surface area contributed by atoms with Gasteiger partial charge in [-0.3, -0.25) is 4.90 Å². The summed E-state index contributed by atoms with van der Waals surface area (Å²) in [6.07, 6.45) is 3.72. The molecule has 110 valence electrons. The largest absolute Gasteiger partial charge is 0.375 e. The fourth-order valence-electron chi connectivity index (χ4n) is 3.55. The monoisotopic (exact) mass is 342 g/mol. The molecule has 1 aliphatic heterocycles. The molecule has 3 nitrogen and oxygen atoms in total. The summed E-state index contributed by atoms with van der Waals surface area (Å²) in [6.45, 7) is 1.97. The van der Waals surface area contributed by atoms with Gasteiger partial charge in [-0.2, -0.15) is 0 Å². The second-order valence-electron chi connectivity index (χ2n) is 5.56. The molecular weight excluding hydrogens is 323 g/mol. The number of rotatable bonds is 3. The molecule has 3 atom stereocenters. The van der Waals surface area contributed by atoms with Crippen LogP contribution in [0.4, 0.5) is 4.39 Å². The molecule has 2 aliphatic rings. The maximum atomic E-state index is 14.2. The van der Waals surface area contributed by atoms with Gasteiger partial charge in [0.25, 0.3) is 0 Å². The number of fused-ring (bicyclic) bond motifs is 1. The first-order valence-corrected chi connectivity index (χ1v) is 8.02. The van der Waals surface area contributed by atoms with Crippen molar-refractivity contribution in [3.63, 3.8) is 0 Å². The molecule has 0 radical (unpaired) electrons. The van der Waals surface area contributed by atoms with E-state index in [4.69, 9.17) is 10.5 Å². The minimum Gasteiger partial charge on any atom is -0.375 e. The summed E-state index contributed by atoms with van der Waals surface area (Å²) in [5.74, 6) is -0.176. The van der Waals surface area contributed by atoms with Crippen molar-refractivity contribution >= 4 is 15.9 Å². The molecule has 1 aromatic carbocycles. The van der Waals surface area contributed by atoms with Crippen molar-refractivity contribution in [2.75, 3.05) is 19.7 Å². The van der Waals surface area contributed by atoms with E-state index in [1.807, 2.05) is 6.07 Å². The van der Waals surface area contributed by atoms with Crippen molar-refractivity contribution in [2.24, 2.45) is 5.73 Å². The van der Waals surface area contributed by atoms with Crippen LogP contribution in [0.15, 0.2) is 22.7 Å². The van der Waals surface area contributed by atoms with Crippen LogP contribution in [0.3, 0.4) is 0 Å². The first-order chi connectivity index (χ1) is 9.70. The fraction of sp³-hybridized carbons (Fsp3) is 0.600. The van der Waals surface area contributed by atoms with E-state index in [2.05, 4.69) is 20.8 Å². The molecule has 3 unspecified atom stereocenters. The van der Waals surface area contributed by atoms with Crippen LogP contribution in [0, 0.1) is 5.82 Å². The van der Waals surface area contributed by atoms with Crippen LogP contribution < -0.4 is 5.73 Å². The van der Waals surface area contributed by atoms with Gasteiger partial charge in [-0.05, 0) is 37.5 Å². The predicted molar refractivity (Wildman–Crippen MR) is 80.0 cm³/mol. The van der Waals surface area contributed by atoms with Crippen LogP contribution in [0.2, 0.25) is 0 Å². The van der Waals surface area contributed by atoms with Gasteiger partial charge in [0, 0.05) is 29.2 Å². The highest BCUT2D eigenvalue weighted by molar-refractivity contribution is 9.10. The third-order valence-electron chi connectivity index (χ3n) is 4.47. The van der Waals surface area contributed by atoms with Crippen molar-refractivity contribution in [2.45, 2.75) is 37.5 Å². The standard InChI is InChI=1S/C15H20BrFN2O/c16-10-4-5-12(17)11(8-10)14(9-18)19-6-7-20-15-3-1-2-13(15)19/h4-5,8,13-15H,1-3,6-7,9,18H2. The van der Waals surface area contributed by atoms with Gasteiger partial charge in [-0.1, -0.05) is 15.9 Å². The van der Waals surface area contributed by atoms with Crippen molar-refractivity contribution in [1.29, 1.82) is 0 Å². The number of benzene rings is 1. The lowest BCUT2D eigenvalue weighted by atomic mass is 10.00. The number of morpholine rings is 1. The third-order valence-corrected chi connectivity index (χ3v) is 4.96. The Bertz CT molecular complexity index is 485. The van der Waals surface area contributed by atoms with Gasteiger partial charge in [0.05, 0.1) is 18.8 Å². The zero-order chi connectivity index (χ0) is 14.1. The summed E-state index contributed by atoms with van der Waals surface area (Å²) in [5.41, 5.74) is 6.66. The fourth-order valence-corrected chi connectivity index (χ4v) is 3.93. The van der Waals surface area contributed by atoms with E-state index in [0.717, 1.165) is 23.9 Å². The molecule has 2 fully saturated rings. The summed E-state index contributed by atoms with van der Waals surface area (Å²) in [5, 5.41) is 0. The quantitative estimate of drug-likeness (QED) is 0.917. The molecule has 3 rings (SSSR count). The second-order valence-corrected chi connectivity index (χ2v) is 6.48. The zero-order valence-electron chi connectivity index (χ0n) is 11.4. The van der Waals surface area contributed by atoms with Crippen molar-refractivity contribution in [3.8, 4) is 0 Å². The number of hydrogen-bond acceptors (Lipinski definition) is 3. The Morgan fingerprint density at radius 2 is 2.30 bits per heavy atom. The van der Waals surface area contributed by atoms with E-state index in [0.29, 0.717) is 30.9 Å². The molecule has 0 bridgehead atoms. The maximum Gasteiger partial charge on any atom is 0.128 e. The van der Waals surface area contributed by atoms with Gasteiger partial charge in [-0.15, -0.1) is 0 Å². The molecule has 5 heteroatoms. The number of nitrogens with zero attached hydrogens (tertiary/aromatic N) is 1. The van der Waals surface area contributed by atoms with Crippen LogP contribution in [0.25, 0.3) is 0 Å². The van der Waals surface area contributed by atoms with Crippen molar-refractivity contribution < 1.29 is 9.13 Å². The minimum atomic E-state index is -0.176. The number of nitrogens with two attached hydrogens (primary N) is 1. The van der Waals surface area contributed by atoms with Crippen LogP contribution in [0.1, 0.15) is 30.9 Å². The Morgan fingerprint density at radius 3 is 3.10 bits per heavy atom. The number of hydrogen-bond donors (Lipinski definition) is 1. The van der Waals surface area contributed by atoms with E-state index in [-0.39, 0.29) is 11.9 Å². The van der Waals surface area contributed by atoms with Crippen molar-refractivity contribution in [1.82, 2.24) is 4.90 Å². The molecule has 1 saturated heterocycles. The van der Waals surface area contributed by atoms with Crippen LogP contribution in [-0.4, -0.2) is 36.7 Å². The van der Waals surface area contributed by atoms with Gasteiger partial charge in [0.15, 0.2) is 0 Å². The Kier molecular flexibility index (Phi) is 4.40. The smallest absolute Gasteiger partial charge is 0.128 e. The molecule has 0 aromatic heterocycles. The minimum absolute atomic E-state index is 0.0676. The molecule has 1 aromatic rings. The Hall–Kier alpha value is -0.490. The molecule has 1 aliphatic carbocycles. The van der Waals surface area contributed by atoms with Gasteiger partial charge in [-0.25, -0.2) is 4.39 Å². The van der Waals surface area contributed by atoms with E-state index in [1.54, 1.807) is 6.07 Å². The SMILES string of the molecule is NCC(c1cc(Br)ccc1F)N1CCOC2CCCC21. The Morgan fingerprint density at radius 1 is 1.45 bits per heavy atom. The highest BCUT2D eigenvalue weighted by Gasteiger charge is 2.39. The van der Waals surface area contributed by atoms with E-state index < -0.39 is 0 Å². The number of ether oxygens (including phenoxy) is 1. The lowest BCUT2D eigenvalue weighted by Gasteiger charge is -2.42. The van der Waals surface area contributed by atoms with Crippen LogP contribution in [0.5, 0.6) is 0 Å². The van der Waals surface area contributed by atoms with Crippen LogP contribution >= 0.6 is 15.9 Å². The maximum absolute atomic E-state index is 14.2. The summed E-state index contributed by atoms with van der Waals surface area (Å²) in [6, 6.07) is 5.41. The molecule has 0 spiro atoms. The Labute approximate surface area is 127 Å². The highest BCUT2D eigenvalue weighted by atomic mass is 79.9. The summed E-state index contributed by atoms with van der Waals surface area (Å²) in [7, 11) is 0. The van der Waals surface area contributed by atoms with Gasteiger partial charge in [0.1, 0.15) is 5.82 Å². The normalized spacial score (nSPS) is 28.4. The topological polar surface area (TPSA) is 38.5 Å². The first-order valence-electron chi connectivity index (χ1n) is 7.23. The van der Waals surface area contributed by atoms with Crippen molar-refractivity contribution in [3.05, 3.63) is 34.1 Å². The zero-order valence-corrected chi connectivity index (χ0v) is 13.0. The molecule has 2 N–H and O–H groups in total. The summed E-state index contributed by atoms with van der Waals surface area (Å²) in [4.78, 5) is 2.35. The van der Waals surface area contributed by atoms with E-state index in [1.165, 1.54) is 12.5 Å². The number of halogens is 2. The van der Waals surface area contributed by atoms with Crippen LogP contribution in [-0.2, 0) is 4.74 Å². The predicted octanol–water partition coefficient (Wildman–Crippen LogP) is 2.84. The molecule has 1 saturated carbocycles. The third kappa shape index (κ3) is 2.64. The van der Waals surface area contributed by atoms with E-state index >= 15 is 0 Å². The van der Waals surface area contributed by atoms with Gasteiger partial charge < -0.3 is 10.5 Å². The van der Waals surface area contributed by atoms with Gasteiger partial charge >= 0.3 is 0 Å². The lowest BCUT2D eigenvalue weighted by molar-refractivity contribution is -0.0715. The molecular formula is C15H20BrFN2O. The Balaban J connectivity index is 1.90. The highest BCUT2D eigenvalue weighted by Crippen LogP contribution is 2.36. The molecule has 20 heavy (non-hydrogen) atoms. The summed E-state index contributed by atoms with van der Waals surface area (Å²) >= 11 is 3.42. The average molecular weight is 343 g/mol. The second kappa shape index (κ2) is 6.10. The lowest BCUT2D eigenvalue weighted by Crippen LogP contribution is -2.51. The molecule has 0 amide bonds. The molecule has 1 heterocycles.